The van der Waals surface area contributed by atoms with Crippen LogP contribution in [0.5, 0.6) is 0 Å². The number of anilines is 3. The Morgan fingerprint density at radius 1 is 1.29 bits per heavy atom. The molecule has 2 fully saturated rings. The van der Waals surface area contributed by atoms with Gasteiger partial charge in [0.05, 0.1) is 36.9 Å². The molecule has 34 heavy (non-hydrogen) atoms. The van der Waals surface area contributed by atoms with Gasteiger partial charge in [0.2, 0.25) is 0 Å². The van der Waals surface area contributed by atoms with E-state index in [1.807, 2.05) is 26.8 Å². The van der Waals surface area contributed by atoms with Crippen LogP contribution in [0.2, 0.25) is 0 Å². The van der Waals surface area contributed by atoms with Gasteiger partial charge in [-0.1, -0.05) is 19.3 Å². The van der Waals surface area contributed by atoms with Crippen molar-refractivity contribution in [2.75, 3.05) is 30.0 Å². The first-order chi connectivity index (χ1) is 16.2. The predicted molar refractivity (Wildman–Crippen MR) is 129 cm³/mol. The lowest BCUT2D eigenvalue weighted by molar-refractivity contribution is 0.0519. The molecule has 0 amide bonds. The van der Waals surface area contributed by atoms with Gasteiger partial charge in [-0.2, -0.15) is 10.4 Å². The standard InChI is InChI=1S/C25H34N6O3/c1-18-16-33-13-12-30(18)22-15-19(25(17-26)9-6-5-7-10-25)14-20(29-22)28-21-8-11-27-31(21)23(32)34-24(2,3)4/h8,11,14-15,18H,5-7,9-10,12-13,16H2,1-4H3,(H,28,29)/t18-/m1/s1. The number of nitrogens with zero attached hydrogens (tertiary/aromatic N) is 5. The van der Waals surface area contributed by atoms with Crippen LogP contribution in [0.15, 0.2) is 24.4 Å². The number of aromatic nitrogens is 3. The fourth-order valence-electron chi connectivity index (χ4n) is 4.67. The molecule has 4 rings (SSSR count). The Morgan fingerprint density at radius 2 is 2.06 bits per heavy atom. The second-order valence-corrected chi connectivity index (χ2v) is 10.2. The SMILES string of the molecule is C[C@@H]1COCCN1c1cc(C2(C#N)CCCCC2)cc(Nc2ccnn2C(=O)OC(C)(C)C)n1. The lowest BCUT2D eigenvalue weighted by atomic mass is 9.70. The summed E-state index contributed by atoms with van der Waals surface area (Å²) in [7, 11) is 0. The fourth-order valence-corrected chi connectivity index (χ4v) is 4.67. The third kappa shape index (κ3) is 5.17. The van der Waals surface area contributed by atoms with E-state index in [0.29, 0.717) is 24.8 Å². The molecule has 1 aliphatic heterocycles. The zero-order valence-electron chi connectivity index (χ0n) is 20.5. The van der Waals surface area contributed by atoms with Gasteiger partial charge in [-0.15, -0.1) is 4.68 Å². The molecule has 1 aliphatic carbocycles. The van der Waals surface area contributed by atoms with Crippen molar-refractivity contribution in [1.29, 1.82) is 5.26 Å². The molecule has 0 aromatic carbocycles. The van der Waals surface area contributed by atoms with E-state index in [2.05, 4.69) is 34.4 Å². The summed E-state index contributed by atoms with van der Waals surface area (Å²) in [5.74, 6) is 1.82. The summed E-state index contributed by atoms with van der Waals surface area (Å²) in [6.07, 6.45) is 5.86. The van der Waals surface area contributed by atoms with Crippen molar-refractivity contribution < 1.29 is 14.3 Å². The molecule has 3 heterocycles. The number of rotatable bonds is 4. The minimum atomic E-state index is -0.641. The molecule has 9 heteroatoms. The minimum absolute atomic E-state index is 0.168. The van der Waals surface area contributed by atoms with Crippen LogP contribution < -0.4 is 10.2 Å². The van der Waals surface area contributed by atoms with E-state index in [-0.39, 0.29) is 6.04 Å². The maximum atomic E-state index is 12.7. The number of carbonyl (C=O) groups is 1. The quantitative estimate of drug-likeness (QED) is 0.688. The summed E-state index contributed by atoms with van der Waals surface area (Å²) >= 11 is 0. The van der Waals surface area contributed by atoms with E-state index < -0.39 is 17.1 Å². The summed E-state index contributed by atoms with van der Waals surface area (Å²) in [5.41, 5.74) is -0.213. The number of hydrogen-bond acceptors (Lipinski definition) is 8. The molecule has 182 valence electrons. The molecule has 0 spiro atoms. The molecule has 1 atom stereocenters. The molecule has 1 saturated carbocycles. The fraction of sp³-hybridized carbons (Fsp3) is 0.600. The summed E-state index contributed by atoms with van der Waals surface area (Å²) in [4.78, 5) is 19.7. The Hall–Kier alpha value is -3.12. The Balaban J connectivity index is 1.72. The molecule has 2 aliphatic rings. The third-order valence-electron chi connectivity index (χ3n) is 6.41. The number of morpholine rings is 1. The van der Waals surface area contributed by atoms with Crippen molar-refractivity contribution in [3.63, 3.8) is 0 Å². The Morgan fingerprint density at radius 3 is 2.74 bits per heavy atom. The highest BCUT2D eigenvalue weighted by molar-refractivity contribution is 5.75. The highest BCUT2D eigenvalue weighted by Crippen LogP contribution is 2.41. The summed E-state index contributed by atoms with van der Waals surface area (Å²) in [6.45, 7) is 9.54. The van der Waals surface area contributed by atoms with Crippen LogP contribution in [0, 0.1) is 11.3 Å². The lowest BCUT2D eigenvalue weighted by Gasteiger charge is -2.36. The van der Waals surface area contributed by atoms with E-state index in [9.17, 15) is 10.1 Å². The highest BCUT2D eigenvalue weighted by Gasteiger charge is 2.35. The number of nitrogens with one attached hydrogen (secondary N) is 1. The van der Waals surface area contributed by atoms with Gasteiger partial charge < -0.3 is 19.7 Å². The van der Waals surface area contributed by atoms with Crippen LogP contribution in [-0.2, 0) is 14.9 Å². The number of pyridine rings is 1. The number of ether oxygens (including phenoxy) is 2. The van der Waals surface area contributed by atoms with Crippen molar-refractivity contribution in [3.05, 3.63) is 30.0 Å². The van der Waals surface area contributed by atoms with Gasteiger partial charge in [0.25, 0.3) is 0 Å². The second kappa shape index (κ2) is 9.63. The van der Waals surface area contributed by atoms with Crippen molar-refractivity contribution in [1.82, 2.24) is 14.8 Å². The first-order valence-corrected chi connectivity index (χ1v) is 12.0. The molecular formula is C25H34N6O3. The van der Waals surface area contributed by atoms with Gasteiger partial charge in [-0.25, -0.2) is 9.78 Å². The van der Waals surface area contributed by atoms with Crippen LogP contribution >= 0.6 is 0 Å². The normalized spacial score (nSPS) is 20.4. The number of nitriles is 1. The van der Waals surface area contributed by atoms with Gasteiger partial charge in [0.1, 0.15) is 23.1 Å². The van der Waals surface area contributed by atoms with E-state index >= 15 is 0 Å². The van der Waals surface area contributed by atoms with Gasteiger partial charge in [-0.3, -0.25) is 0 Å². The van der Waals surface area contributed by atoms with Gasteiger partial charge in [-0.05, 0) is 58.2 Å². The van der Waals surface area contributed by atoms with Gasteiger partial charge >= 0.3 is 6.09 Å². The third-order valence-corrected chi connectivity index (χ3v) is 6.41. The maximum absolute atomic E-state index is 12.7. The average Bonchev–Trinajstić information content (AvgIpc) is 3.27. The van der Waals surface area contributed by atoms with Crippen LogP contribution in [0.4, 0.5) is 22.2 Å². The molecule has 0 radical (unpaired) electrons. The van der Waals surface area contributed by atoms with E-state index in [0.717, 1.165) is 50.0 Å². The highest BCUT2D eigenvalue weighted by atomic mass is 16.6. The largest absolute Gasteiger partial charge is 0.442 e. The molecule has 1 N–H and O–H groups in total. The summed E-state index contributed by atoms with van der Waals surface area (Å²) in [5, 5.41) is 17.6. The molecule has 1 saturated heterocycles. The summed E-state index contributed by atoms with van der Waals surface area (Å²) < 4.78 is 12.3. The van der Waals surface area contributed by atoms with Gasteiger partial charge in [0, 0.05) is 12.6 Å². The Bertz CT molecular complexity index is 1060. The molecule has 2 aromatic heterocycles. The Kier molecular flexibility index (Phi) is 6.80. The minimum Gasteiger partial charge on any atom is -0.442 e. The molecular weight excluding hydrogens is 432 g/mol. The predicted octanol–water partition coefficient (Wildman–Crippen LogP) is 4.76. The number of carbonyl (C=O) groups excluding carboxylic acids is 1. The average molecular weight is 467 g/mol. The van der Waals surface area contributed by atoms with Crippen molar-refractivity contribution >= 4 is 23.5 Å². The molecule has 9 nitrogen and oxygen atoms in total. The van der Waals surface area contributed by atoms with Crippen LogP contribution in [0.1, 0.15) is 65.4 Å². The van der Waals surface area contributed by atoms with Crippen LogP contribution in [-0.4, -0.2) is 52.3 Å². The number of hydrogen-bond donors (Lipinski definition) is 1. The smallest absolute Gasteiger partial charge is 0.437 e. The zero-order valence-corrected chi connectivity index (χ0v) is 20.5. The lowest BCUT2D eigenvalue weighted by Crippen LogP contribution is -2.44. The summed E-state index contributed by atoms with van der Waals surface area (Å²) in [6, 6.07) is 8.50. The molecule has 0 bridgehead atoms. The topological polar surface area (TPSA) is 105 Å². The molecule has 0 unspecified atom stereocenters. The van der Waals surface area contributed by atoms with E-state index in [4.69, 9.17) is 14.5 Å². The maximum Gasteiger partial charge on any atom is 0.437 e. The van der Waals surface area contributed by atoms with Crippen molar-refractivity contribution in [2.24, 2.45) is 0 Å². The first-order valence-electron chi connectivity index (χ1n) is 12.0. The monoisotopic (exact) mass is 466 g/mol. The Labute approximate surface area is 201 Å². The zero-order chi connectivity index (χ0) is 24.3. The van der Waals surface area contributed by atoms with Crippen molar-refractivity contribution in [3.8, 4) is 6.07 Å². The van der Waals surface area contributed by atoms with Crippen molar-refractivity contribution in [2.45, 2.75) is 76.9 Å². The van der Waals surface area contributed by atoms with E-state index in [1.54, 1.807) is 12.3 Å². The molecule has 2 aromatic rings. The van der Waals surface area contributed by atoms with Crippen LogP contribution in [0.3, 0.4) is 0 Å². The first kappa shape index (κ1) is 24.0. The van der Waals surface area contributed by atoms with E-state index in [1.165, 1.54) is 4.68 Å². The second-order valence-electron chi connectivity index (χ2n) is 10.2. The van der Waals surface area contributed by atoms with Crippen LogP contribution in [0.25, 0.3) is 0 Å². The van der Waals surface area contributed by atoms with Gasteiger partial charge in [0.15, 0.2) is 0 Å².